The van der Waals surface area contributed by atoms with Gasteiger partial charge in [0.2, 0.25) is 0 Å². The SMILES string of the molecule is CN(Cc1ccccc1)Cc1nc2c(c(=O)n(C)c(=O)n2C)n1Cc1cccc(Cl)c1. The second-order valence-electron chi connectivity index (χ2n) is 7.78. The largest absolute Gasteiger partial charge is 0.332 e. The van der Waals surface area contributed by atoms with Gasteiger partial charge in [-0.1, -0.05) is 54.1 Å². The fraction of sp³-hybridized carbons (Fsp3) is 0.261. The number of fused-ring (bicyclic) bond motifs is 1. The Morgan fingerprint density at radius 2 is 1.65 bits per heavy atom. The summed E-state index contributed by atoms with van der Waals surface area (Å²) in [6.07, 6.45) is 0. The standard InChI is InChI=1S/C23H24ClN5O2/c1-26(13-16-8-5-4-6-9-16)15-19-25-21-20(22(30)28(3)23(31)27(21)2)29(19)14-17-10-7-11-18(24)12-17/h4-12H,13-15H2,1-3H3. The second-order valence-corrected chi connectivity index (χ2v) is 8.22. The van der Waals surface area contributed by atoms with Crippen molar-refractivity contribution in [3.05, 3.63) is 97.4 Å². The van der Waals surface area contributed by atoms with Crippen molar-refractivity contribution in [2.45, 2.75) is 19.6 Å². The van der Waals surface area contributed by atoms with Gasteiger partial charge >= 0.3 is 5.69 Å². The highest BCUT2D eigenvalue weighted by molar-refractivity contribution is 6.30. The van der Waals surface area contributed by atoms with E-state index in [4.69, 9.17) is 16.6 Å². The zero-order chi connectivity index (χ0) is 22.1. The van der Waals surface area contributed by atoms with Crippen LogP contribution in [0, 0.1) is 0 Å². The molecule has 0 unspecified atom stereocenters. The maximum atomic E-state index is 13.0. The molecule has 4 aromatic rings. The van der Waals surface area contributed by atoms with Crippen molar-refractivity contribution >= 4 is 22.8 Å². The molecule has 0 saturated heterocycles. The molecule has 160 valence electrons. The van der Waals surface area contributed by atoms with Gasteiger partial charge in [0.1, 0.15) is 5.82 Å². The first kappa shape index (κ1) is 21.1. The summed E-state index contributed by atoms with van der Waals surface area (Å²) in [5.41, 5.74) is 2.19. The molecule has 0 spiro atoms. The van der Waals surface area contributed by atoms with E-state index in [0.29, 0.717) is 35.1 Å². The lowest BCUT2D eigenvalue weighted by Crippen LogP contribution is -2.37. The third-order valence-corrected chi connectivity index (χ3v) is 5.60. The van der Waals surface area contributed by atoms with Crippen molar-refractivity contribution < 1.29 is 0 Å². The van der Waals surface area contributed by atoms with E-state index in [1.54, 1.807) is 7.05 Å². The Balaban J connectivity index is 1.81. The van der Waals surface area contributed by atoms with Crippen LogP contribution in [0.15, 0.2) is 64.2 Å². The Hall–Kier alpha value is -3.16. The Morgan fingerprint density at radius 3 is 2.35 bits per heavy atom. The highest BCUT2D eigenvalue weighted by atomic mass is 35.5. The molecule has 2 heterocycles. The normalized spacial score (nSPS) is 11.5. The molecular weight excluding hydrogens is 414 g/mol. The molecule has 31 heavy (non-hydrogen) atoms. The number of aromatic nitrogens is 4. The molecule has 8 heteroatoms. The van der Waals surface area contributed by atoms with Crippen LogP contribution in [-0.2, 0) is 33.7 Å². The highest BCUT2D eigenvalue weighted by Gasteiger charge is 2.20. The molecule has 0 amide bonds. The number of aryl methyl sites for hydroxylation is 1. The maximum absolute atomic E-state index is 13.0. The van der Waals surface area contributed by atoms with Crippen molar-refractivity contribution in [3.63, 3.8) is 0 Å². The first-order valence-corrected chi connectivity index (χ1v) is 10.3. The van der Waals surface area contributed by atoms with E-state index < -0.39 is 5.69 Å². The van der Waals surface area contributed by atoms with Gasteiger partial charge in [0.15, 0.2) is 11.2 Å². The van der Waals surface area contributed by atoms with Crippen LogP contribution in [-0.4, -0.2) is 30.6 Å². The molecule has 0 N–H and O–H groups in total. The Morgan fingerprint density at radius 1 is 0.935 bits per heavy atom. The fourth-order valence-electron chi connectivity index (χ4n) is 3.79. The number of benzene rings is 2. The van der Waals surface area contributed by atoms with E-state index in [2.05, 4.69) is 17.0 Å². The van der Waals surface area contributed by atoms with E-state index in [-0.39, 0.29) is 5.56 Å². The minimum absolute atomic E-state index is 0.357. The quantitative estimate of drug-likeness (QED) is 0.465. The van der Waals surface area contributed by atoms with Gasteiger partial charge in [-0.3, -0.25) is 18.8 Å². The number of rotatable bonds is 6. The van der Waals surface area contributed by atoms with E-state index in [1.807, 2.05) is 54.1 Å². The number of hydrogen-bond acceptors (Lipinski definition) is 4. The third-order valence-electron chi connectivity index (χ3n) is 5.36. The van der Waals surface area contributed by atoms with Crippen LogP contribution in [0.3, 0.4) is 0 Å². The van der Waals surface area contributed by atoms with E-state index >= 15 is 0 Å². The maximum Gasteiger partial charge on any atom is 0.332 e. The van der Waals surface area contributed by atoms with E-state index in [9.17, 15) is 9.59 Å². The fourth-order valence-corrected chi connectivity index (χ4v) is 4.01. The predicted octanol–water partition coefficient (Wildman–Crippen LogP) is 2.77. The average Bonchev–Trinajstić information content (AvgIpc) is 3.09. The van der Waals surface area contributed by atoms with Crippen molar-refractivity contribution in [2.24, 2.45) is 14.1 Å². The lowest BCUT2D eigenvalue weighted by Gasteiger charge is -2.17. The zero-order valence-electron chi connectivity index (χ0n) is 17.7. The van der Waals surface area contributed by atoms with E-state index in [1.165, 1.54) is 17.2 Å². The summed E-state index contributed by atoms with van der Waals surface area (Å²) >= 11 is 6.18. The van der Waals surface area contributed by atoms with Crippen LogP contribution in [0.1, 0.15) is 17.0 Å². The predicted molar refractivity (Wildman–Crippen MR) is 122 cm³/mol. The van der Waals surface area contributed by atoms with Crippen molar-refractivity contribution in [1.29, 1.82) is 0 Å². The van der Waals surface area contributed by atoms with Crippen molar-refractivity contribution in [3.8, 4) is 0 Å². The minimum atomic E-state index is -0.394. The monoisotopic (exact) mass is 437 g/mol. The third kappa shape index (κ3) is 4.19. The Kier molecular flexibility index (Phi) is 5.80. The Bertz CT molecular complexity index is 1350. The lowest BCUT2D eigenvalue weighted by atomic mass is 10.2. The smallest absolute Gasteiger partial charge is 0.317 e. The molecule has 2 aromatic carbocycles. The summed E-state index contributed by atoms with van der Waals surface area (Å²) in [5, 5.41) is 0.630. The van der Waals surface area contributed by atoms with Gasteiger partial charge < -0.3 is 4.57 Å². The molecule has 0 aliphatic carbocycles. The molecular formula is C23H24ClN5O2. The van der Waals surface area contributed by atoms with E-state index in [0.717, 1.165) is 16.7 Å². The highest BCUT2D eigenvalue weighted by Crippen LogP contribution is 2.18. The molecule has 0 radical (unpaired) electrons. The summed E-state index contributed by atoms with van der Waals surface area (Å²) < 4.78 is 4.44. The van der Waals surface area contributed by atoms with Crippen LogP contribution in [0.25, 0.3) is 11.2 Å². The summed E-state index contributed by atoms with van der Waals surface area (Å²) in [4.78, 5) is 32.3. The van der Waals surface area contributed by atoms with Crippen molar-refractivity contribution in [1.82, 2.24) is 23.6 Å². The summed E-state index contributed by atoms with van der Waals surface area (Å²) in [6.45, 7) is 1.68. The van der Waals surface area contributed by atoms with Crippen LogP contribution in [0.5, 0.6) is 0 Å². The van der Waals surface area contributed by atoms with Gasteiger partial charge in [-0.25, -0.2) is 9.78 Å². The number of hydrogen-bond donors (Lipinski definition) is 0. The zero-order valence-corrected chi connectivity index (χ0v) is 18.5. The minimum Gasteiger partial charge on any atom is -0.317 e. The molecule has 0 saturated carbocycles. The first-order chi connectivity index (χ1) is 14.8. The van der Waals surface area contributed by atoms with Crippen LogP contribution >= 0.6 is 11.6 Å². The summed E-state index contributed by atoms with van der Waals surface area (Å²) in [6, 6.07) is 17.7. The number of halogens is 1. The van der Waals surface area contributed by atoms with Crippen LogP contribution < -0.4 is 11.2 Å². The van der Waals surface area contributed by atoms with Gasteiger partial charge in [-0.05, 0) is 30.3 Å². The Labute approximate surface area is 184 Å². The summed E-state index contributed by atoms with van der Waals surface area (Å²) in [7, 11) is 5.13. The number of imidazole rings is 1. The van der Waals surface area contributed by atoms with Gasteiger partial charge in [0, 0.05) is 32.2 Å². The first-order valence-electron chi connectivity index (χ1n) is 9.97. The van der Waals surface area contributed by atoms with Crippen LogP contribution in [0.2, 0.25) is 5.02 Å². The topological polar surface area (TPSA) is 65.1 Å². The molecule has 0 aliphatic rings. The molecule has 0 aliphatic heterocycles. The van der Waals surface area contributed by atoms with Crippen LogP contribution in [0.4, 0.5) is 0 Å². The lowest BCUT2D eigenvalue weighted by molar-refractivity contribution is 0.306. The number of nitrogens with zero attached hydrogens (tertiary/aromatic N) is 5. The van der Waals surface area contributed by atoms with Crippen molar-refractivity contribution in [2.75, 3.05) is 7.05 Å². The molecule has 0 bridgehead atoms. The second kappa shape index (κ2) is 8.53. The van der Waals surface area contributed by atoms with Gasteiger partial charge in [0.25, 0.3) is 5.56 Å². The van der Waals surface area contributed by atoms with Gasteiger partial charge in [-0.15, -0.1) is 0 Å². The van der Waals surface area contributed by atoms with Gasteiger partial charge in [0.05, 0.1) is 6.54 Å². The average molecular weight is 438 g/mol. The molecule has 7 nitrogen and oxygen atoms in total. The van der Waals surface area contributed by atoms with Gasteiger partial charge in [-0.2, -0.15) is 0 Å². The molecule has 0 fully saturated rings. The molecule has 4 rings (SSSR count). The molecule has 0 atom stereocenters. The summed E-state index contributed by atoms with van der Waals surface area (Å²) in [5.74, 6) is 0.715. The molecule has 2 aromatic heterocycles.